The Bertz CT molecular complexity index is 2560. The van der Waals surface area contributed by atoms with Gasteiger partial charge in [-0.3, -0.25) is 38.5 Å². The van der Waals surface area contributed by atoms with Gasteiger partial charge in [-0.15, -0.1) is 0 Å². The number of likely N-dealkylation sites (tertiary alicyclic amines) is 1. The number of aromatic nitrogens is 4. The number of nitrogens with one attached hydrogen (secondary N) is 2. The van der Waals surface area contributed by atoms with Crippen LogP contribution < -0.4 is 16.3 Å². The number of halogens is 1. The number of imidazole rings is 1. The second kappa shape index (κ2) is 17.9. The van der Waals surface area contributed by atoms with Gasteiger partial charge in [-0.2, -0.15) is 0 Å². The maximum absolute atomic E-state index is 13.8. The van der Waals surface area contributed by atoms with Crippen molar-refractivity contribution in [2.75, 3.05) is 51.1 Å². The zero-order valence-electron chi connectivity index (χ0n) is 35.0. The highest BCUT2D eigenvalue weighted by atomic mass is 35.5. The lowest BCUT2D eigenvalue weighted by Gasteiger charge is -2.39. The summed E-state index contributed by atoms with van der Waals surface area (Å²) in [6.45, 7) is 4.03. The van der Waals surface area contributed by atoms with E-state index in [1.165, 1.54) is 4.57 Å². The van der Waals surface area contributed by atoms with Crippen LogP contribution in [0.1, 0.15) is 68.9 Å². The third-order valence-electron chi connectivity index (χ3n) is 13.3. The van der Waals surface area contributed by atoms with Crippen molar-refractivity contribution < 1.29 is 19.2 Å². The number of carbonyl (C=O) groups is 4. The van der Waals surface area contributed by atoms with Crippen LogP contribution in [-0.4, -0.2) is 109 Å². The van der Waals surface area contributed by atoms with Crippen molar-refractivity contribution >= 4 is 52.2 Å². The molecule has 3 atom stereocenters. The number of nitrogens with zero attached hydrogens (tertiary/aromatic N) is 7. The highest BCUT2D eigenvalue weighted by Gasteiger charge is 2.35. The van der Waals surface area contributed by atoms with E-state index in [0.29, 0.717) is 67.7 Å². The largest absolute Gasteiger partial charge is 0.351 e. The zero-order valence-corrected chi connectivity index (χ0v) is 35.7. The summed E-state index contributed by atoms with van der Waals surface area (Å²) in [6.07, 6.45) is 7.28. The topological polar surface area (TPSA) is 155 Å². The van der Waals surface area contributed by atoms with Crippen LogP contribution in [0.4, 0.5) is 5.95 Å². The van der Waals surface area contributed by atoms with Crippen molar-refractivity contribution in [1.29, 1.82) is 0 Å². The lowest BCUT2D eigenvalue weighted by Crippen LogP contribution is -2.54. The van der Waals surface area contributed by atoms with Gasteiger partial charge in [-0.05, 0) is 92.4 Å². The molecule has 2 N–H and O–H groups in total. The van der Waals surface area contributed by atoms with Gasteiger partial charge in [-0.1, -0.05) is 72.6 Å². The summed E-state index contributed by atoms with van der Waals surface area (Å²) in [5.41, 5.74) is 6.06. The molecule has 5 heterocycles. The molecule has 4 fully saturated rings. The first-order chi connectivity index (χ1) is 30.1. The fraction of sp³-hybridized carbons (Fsp3) is 0.426. The minimum absolute atomic E-state index is 0.0537. The summed E-state index contributed by atoms with van der Waals surface area (Å²) in [7, 11) is 1.71. The zero-order chi connectivity index (χ0) is 42.9. The van der Waals surface area contributed by atoms with E-state index < -0.39 is 11.9 Å². The van der Waals surface area contributed by atoms with E-state index >= 15 is 0 Å². The summed E-state index contributed by atoms with van der Waals surface area (Å²) in [5, 5.41) is 6.35. The number of hydrogen-bond acceptors (Lipinski definition) is 9. The average Bonchev–Trinajstić information content (AvgIpc) is 3.55. The second-order valence-electron chi connectivity index (χ2n) is 17.2. The van der Waals surface area contributed by atoms with Crippen molar-refractivity contribution in [2.45, 2.75) is 69.4 Å². The molecule has 1 saturated carbocycles. The Morgan fingerprint density at radius 1 is 0.806 bits per heavy atom. The number of aryl methyl sites for hydroxylation is 1. The SMILES string of the molecule is Cn1c(=O)n(C2CCC(=O)NC2=O)c2ccc(C3CCN(CC(=O)N4CCN(C(=O)C5CCCC(Nc6ncc(Cl)c(-c7cccc(-c8ccccc8)c7)n6)C5)CC4)CC3)cc21. The van der Waals surface area contributed by atoms with Crippen LogP contribution in [0.15, 0.2) is 83.8 Å². The van der Waals surface area contributed by atoms with Gasteiger partial charge in [0, 0.05) is 57.2 Å². The Morgan fingerprint density at radius 2 is 1.55 bits per heavy atom. The molecule has 0 spiro atoms. The van der Waals surface area contributed by atoms with Crippen molar-refractivity contribution in [3.63, 3.8) is 0 Å². The average molecular weight is 858 g/mol. The Balaban J connectivity index is 0.745. The van der Waals surface area contributed by atoms with Crippen molar-refractivity contribution in [3.05, 3.63) is 100 Å². The standard InChI is InChI=1S/C47H52ClN9O5/c1-53-40-27-33(13-14-38(40)57(47(53)62)39-15-16-41(58)51-44(39)60)31-17-19-54(20-18-31)29-42(59)55-21-23-56(24-22-55)45(61)35-11-6-12-36(26-35)50-46-49-28-37(48)43(52-46)34-10-5-9-32(25-34)30-7-3-2-4-8-30/h2-5,7-10,13-14,25,27-28,31,35-36,39H,6,11-12,15-24,26,29H2,1H3,(H,49,50,52)(H,51,58,60). The van der Waals surface area contributed by atoms with Crippen LogP contribution in [0, 0.1) is 5.92 Å². The lowest BCUT2D eigenvalue weighted by molar-refractivity contribution is -0.143. The molecule has 2 aromatic heterocycles. The number of anilines is 1. The summed E-state index contributed by atoms with van der Waals surface area (Å²) >= 11 is 6.62. The summed E-state index contributed by atoms with van der Waals surface area (Å²) in [6, 6.07) is 23.7. The number of amides is 4. The smallest absolute Gasteiger partial charge is 0.329 e. The predicted molar refractivity (Wildman–Crippen MR) is 237 cm³/mol. The van der Waals surface area contributed by atoms with E-state index in [9.17, 15) is 24.0 Å². The van der Waals surface area contributed by atoms with Gasteiger partial charge in [0.25, 0.3) is 0 Å². The highest BCUT2D eigenvalue weighted by molar-refractivity contribution is 6.33. The second-order valence-corrected chi connectivity index (χ2v) is 17.6. The number of fused-ring (bicyclic) bond motifs is 1. The van der Waals surface area contributed by atoms with Crippen LogP contribution in [0.2, 0.25) is 5.02 Å². The molecule has 14 nitrogen and oxygen atoms in total. The minimum Gasteiger partial charge on any atom is -0.351 e. The van der Waals surface area contributed by atoms with Gasteiger partial charge >= 0.3 is 5.69 Å². The third kappa shape index (κ3) is 8.62. The molecule has 15 heteroatoms. The van der Waals surface area contributed by atoms with Crippen LogP contribution in [0.3, 0.4) is 0 Å². The molecule has 3 unspecified atom stereocenters. The van der Waals surface area contributed by atoms with E-state index in [-0.39, 0.29) is 47.7 Å². The minimum atomic E-state index is -0.714. The number of piperazine rings is 1. The molecular weight excluding hydrogens is 806 g/mol. The van der Waals surface area contributed by atoms with E-state index in [4.69, 9.17) is 16.6 Å². The van der Waals surface area contributed by atoms with Crippen LogP contribution in [0.5, 0.6) is 0 Å². The normalized spacial score (nSPS) is 21.5. The number of imide groups is 1. The fourth-order valence-corrected chi connectivity index (χ4v) is 10.1. The van der Waals surface area contributed by atoms with Gasteiger partial charge in [0.1, 0.15) is 6.04 Å². The lowest BCUT2D eigenvalue weighted by atomic mass is 9.84. The number of benzene rings is 3. The monoisotopic (exact) mass is 857 g/mol. The Hall–Kier alpha value is -5.86. The van der Waals surface area contributed by atoms with Crippen molar-refractivity contribution in [3.8, 4) is 22.4 Å². The molecule has 4 amide bonds. The van der Waals surface area contributed by atoms with Gasteiger partial charge in [0.2, 0.25) is 29.6 Å². The number of piperidine rings is 2. The molecule has 0 radical (unpaired) electrons. The summed E-state index contributed by atoms with van der Waals surface area (Å²) < 4.78 is 3.09. The summed E-state index contributed by atoms with van der Waals surface area (Å²) in [4.78, 5) is 80.3. The molecule has 4 aliphatic rings. The summed E-state index contributed by atoms with van der Waals surface area (Å²) in [5.74, 6) is 0.175. The first-order valence-corrected chi connectivity index (χ1v) is 22.3. The molecule has 9 rings (SSSR count). The molecule has 62 heavy (non-hydrogen) atoms. The van der Waals surface area contributed by atoms with Crippen LogP contribution in [-0.2, 0) is 26.2 Å². The quantitative estimate of drug-likeness (QED) is 0.180. The molecule has 5 aromatic rings. The van der Waals surface area contributed by atoms with E-state index in [2.05, 4.69) is 44.8 Å². The van der Waals surface area contributed by atoms with Gasteiger partial charge in [0.05, 0.1) is 34.5 Å². The highest BCUT2D eigenvalue weighted by Crippen LogP contribution is 2.34. The Labute approximate surface area is 365 Å². The third-order valence-corrected chi connectivity index (χ3v) is 13.6. The fourth-order valence-electron chi connectivity index (χ4n) is 9.86. The first kappa shape index (κ1) is 41.5. The van der Waals surface area contributed by atoms with Crippen molar-refractivity contribution in [2.24, 2.45) is 13.0 Å². The van der Waals surface area contributed by atoms with Crippen molar-refractivity contribution in [1.82, 2.24) is 39.1 Å². The number of rotatable bonds is 9. The molecular formula is C47H52ClN9O5. The van der Waals surface area contributed by atoms with Gasteiger partial charge < -0.3 is 15.1 Å². The van der Waals surface area contributed by atoms with E-state index in [0.717, 1.165) is 73.0 Å². The molecule has 322 valence electrons. The Kier molecular flexibility index (Phi) is 11.9. The van der Waals surface area contributed by atoms with Crippen LogP contribution >= 0.6 is 11.6 Å². The maximum Gasteiger partial charge on any atom is 0.329 e. The molecule has 0 bridgehead atoms. The Morgan fingerprint density at radius 3 is 2.32 bits per heavy atom. The number of hydrogen-bond donors (Lipinski definition) is 2. The molecule has 3 aliphatic heterocycles. The van der Waals surface area contributed by atoms with Gasteiger partial charge in [-0.25, -0.2) is 14.8 Å². The number of carbonyl (C=O) groups excluding carboxylic acids is 4. The molecule has 3 aromatic carbocycles. The predicted octanol–water partition coefficient (Wildman–Crippen LogP) is 5.62. The molecule has 1 aliphatic carbocycles. The van der Waals surface area contributed by atoms with E-state index in [1.807, 2.05) is 58.3 Å². The molecule has 3 saturated heterocycles. The van der Waals surface area contributed by atoms with E-state index in [1.54, 1.807) is 17.8 Å². The van der Waals surface area contributed by atoms with Gasteiger partial charge in [0.15, 0.2) is 0 Å². The van der Waals surface area contributed by atoms with Crippen LogP contribution in [0.25, 0.3) is 33.4 Å². The maximum atomic E-state index is 13.8. The first-order valence-electron chi connectivity index (χ1n) is 21.9.